The number of carbonyl (C=O) groups is 2. The molecule has 0 saturated carbocycles. The van der Waals surface area contributed by atoms with E-state index in [1.54, 1.807) is 11.8 Å². The maximum absolute atomic E-state index is 12.0. The summed E-state index contributed by atoms with van der Waals surface area (Å²) in [6.45, 7) is 4.44. The molecule has 6 heteroatoms. The van der Waals surface area contributed by atoms with Gasteiger partial charge in [0.15, 0.2) is 0 Å². The zero-order valence-corrected chi connectivity index (χ0v) is 16.1. The van der Waals surface area contributed by atoms with Gasteiger partial charge in [-0.2, -0.15) is 0 Å². The summed E-state index contributed by atoms with van der Waals surface area (Å²) in [6.07, 6.45) is 0.766. The Bertz CT molecular complexity index is 792. The van der Waals surface area contributed by atoms with Gasteiger partial charge in [0.1, 0.15) is 18.4 Å². The van der Waals surface area contributed by atoms with Crippen molar-refractivity contribution in [2.45, 2.75) is 26.0 Å². The van der Waals surface area contributed by atoms with Crippen LogP contribution in [0.2, 0.25) is 0 Å². The van der Waals surface area contributed by atoms with Gasteiger partial charge in [-0.3, -0.25) is 14.5 Å². The van der Waals surface area contributed by atoms with Gasteiger partial charge in [-0.25, -0.2) is 0 Å². The number of ether oxygens (including phenoxy) is 1. The summed E-state index contributed by atoms with van der Waals surface area (Å²) in [6, 6.07) is 16.4. The third kappa shape index (κ3) is 5.10. The molecule has 1 unspecified atom stereocenters. The summed E-state index contributed by atoms with van der Waals surface area (Å²) in [4.78, 5) is 27.3. The van der Waals surface area contributed by atoms with E-state index in [-0.39, 0.29) is 5.91 Å². The maximum Gasteiger partial charge on any atom is 0.325 e. The minimum absolute atomic E-state index is 0.0358. The predicted molar refractivity (Wildman–Crippen MR) is 106 cm³/mol. The Labute approximate surface area is 165 Å². The molecule has 0 bridgehead atoms. The Kier molecular flexibility index (Phi) is 6.66. The summed E-state index contributed by atoms with van der Waals surface area (Å²) in [5.74, 6) is -0.141. The predicted octanol–water partition coefficient (Wildman–Crippen LogP) is 2.95. The molecule has 3 rings (SSSR count). The lowest BCUT2D eigenvalue weighted by Gasteiger charge is -2.28. The number of carboxylic acid groups (broad SMARTS) is 1. The molecule has 1 aliphatic heterocycles. The molecule has 6 nitrogen and oxygen atoms in total. The minimum Gasteiger partial charge on any atom is -0.489 e. The summed E-state index contributed by atoms with van der Waals surface area (Å²) in [5.41, 5.74) is 1.80. The highest BCUT2D eigenvalue weighted by molar-refractivity contribution is 5.76. The van der Waals surface area contributed by atoms with E-state index in [4.69, 9.17) is 4.74 Å². The number of carboxylic acids is 1. The molecular weight excluding hydrogens is 356 g/mol. The van der Waals surface area contributed by atoms with E-state index >= 15 is 0 Å². The number of benzene rings is 2. The second-order valence-electron chi connectivity index (χ2n) is 6.98. The van der Waals surface area contributed by atoms with E-state index in [0.29, 0.717) is 38.5 Å². The van der Waals surface area contributed by atoms with E-state index in [0.717, 1.165) is 17.5 Å². The maximum atomic E-state index is 12.0. The van der Waals surface area contributed by atoms with E-state index < -0.39 is 12.0 Å². The molecule has 2 aromatic carbocycles. The van der Waals surface area contributed by atoms with Crippen LogP contribution in [0.25, 0.3) is 0 Å². The molecule has 1 fully saturated rings. The van der Waals surface area contributed by atoms with Crippen molar-refractivity contribution < 1.29 is 19.4 Å². The number of hydrogen-bond acceptors (Lipinski definition) is 4. The average molecular weight is 382 g/mol. The van der Waals surface area contributed by atoms with E-state index in [1.807, 2.05) is 59.5 Å². The first kappa shape index (κ1) is 19.9. The molecule has 0 spiro atoms. The lowest BCUT2D eigenvalue weighted by Crippen LogP contribution is -2.38. The normalized spacial score (nSPS) is 16.2. The molecule has 2 aromatic rings. The highest BCUT2D eigenvalue weighted by atomic mass is 16.5. The van der Waals surface area contributed by atoms with Gasteiger partial charge >= 0.3 is 5.97 Å². The van der Waals surface area contributed by atoms with Crippen molar-refractivity contribution in [1.29, 1.82) is 0 Å². The largest absolute Gasteiger partial charge is 0.489 e. The van der Waals surface area contributed by atoms with Crippen LogP contribution in [0.1, 0.15) is 30.5 Å². The summed E-state index contributed by atoms with van der Waals surface area (Å²) in [5, 5.41) is 9.81. The quantitative estimate of drug-likeness (QED) is 0.832. The van der Waals surface area contributed by atoms with Crippen LogP contribution in [0.5, 0.6) is 5.75 Å². The topological polar surface area (TPSA) is 70.1 Å². The van der Waals surface area contributed by atoms with Crippen LogP contribution in [-0.4, -0.2) is 53.0 Å². The lowest BCUT2D eigenvalue weighted by atomic mass is 10.0. The van der Waals surface area contributed by atoms with E-state index in [9.17, 15) is 14.7 Å². The Balaban J connectivity index is 1.67. The van der Waals surface area contributed by atoms with Crippen molar-refractivity contribution in [3.63, 3.8) is 0 Å². The monoisotopic (exact) mass is 382 g/mol. The molecule has 0 radical (unpaired) electrons. The molecule has 0 aliphatic carbocycles. The second-order valence-corrected chi connectivity index (χ2v) is 6.98. The molecule has 1 heterocycles. The van der Waals surface area contributed by atoms with Crippen molar-refractivity contribution in [2.75, 3.05) is 26.2 Å². The number of rotatable bonds is 6. The van der Waals surface area contributed by atoms with Crippen LogP contribution in [0.3, 0.4) is 0 Å². The Morgan fingerprint density at radius 1 is 1.00 bits per heavy atom. The van der Waals surface area contributed by atoms with Crippen molar-refractivity contribution in [3.05, 3.63) is 65.7 Å². The number of carbonyl (C=O) groups excluding carboxylic acids is 1. The van der Waals surface area contributed by atoms with Crippen LogP contribution < -0.4 is 4.74 Å². The number of aliphatic carboxylic acids is 1. The third-order valence-electron chi connectivity index (χ3n) is 5.02. The van der Waals surface area contributed by atoms with Gasteiger partial charge in [0, 0.05) is 33.1 Å². The van der Waals surface area contributed by atoms with Gasteiger partial charge in [-0.05, 0) is 29.7 Å². The molecule has 1 aliphatic rings. The summed E-state index contributed by atoms with van der Waals surface area (Å²) < 4.78 is 5.79. The Hall–Kier alpha value is -2.86. The van der Waals surface area contributed by atoms with Crippen LogP contribution in [-0.2, 0) is 16.2 Å². The SMILES string of the molecule is CC(=O)N1CCCN(C(C(=O)O)c2ccc(OCc3ccccc3)cc2)CC1. The van der Waals surface area contributed by atoms with E-state index in [2.05, 4.69) is 0 Å². The molecule has 148 valence electrons. The van der Waals surface area contributed by atoms with Gasteiger partial charge in [0.25, 0.3) is 0 Å². The first-order chi connectivity index (χ1) is 13.5. The van der Waals surface area contributed by atoms with Gasteiger partial charge in [-0.15, -0.1) is 0 Å². The van der Waals surface area contributed by atoms with Crippen molar-refractivity contribution in [3.8, 4) is 5.75 Å². The number of amides is 1. The molecule has 1 N–H and O–H groups in total. The number of nitrogens with zero attached hydrogens (tertiary/aromatic N) is 2. The van der Waals surface area contributed by atoms with Crippen molar-refractivity contribution in [1.82, 2.24) is 9.80 Å². The van der Waals surface area contributed by atoms with Gasteiger partial charge in [-0.1, -0.05) is 42.5 Å². The first-order valence-corrected chi connectivity index (χ1v) is 9.53. The second kappa shape index (κ2) is 9.37. The molecule has 28 heavy (non-hydrogen) atoms. The molecule has 0 aromatic heterocycles. The molecule has 1 amide bonds. The fourth-order valence-corrected chi connectivity index (χ4v) is 3.51. The Morgan fingerprint density at radius 3 is 2.36 bits per heavy atom. The summed E-state index contributed by atoms with van der Waals surface area (Å²) in [7, 11) is 0. The van der Waals surface area contributed by atoms with Crippen LogP contribution in [0, 0.1) is 0 Å². The smallest absolute Gasteiger partial charge is 0.325 e. The zero-order valence-electron chi connectivity index (χ0n) is 16.1. The van der Waals surface area contributed by atoms with Crippen LogP contribution >= 0.6 is 0 Å². The minimum atomic E-state index is -0.880. The van der Waals surface area contributed by atoms with Gasteiger partial charge in [0.05, 0.1) is 0 Å². The van der Waals surface area contributed by atoms with Crippen molar-refractivity contribution in [2.24, 2.45) is 0 Å². The van der Waals surface area contributed by atoms with Crippen LogP contribution in [0.15, 0.2) is 54.6 Å². The summed E-state index contributed by atoms with van der Waals surface area (Å²) >= 11 is 0. The Morgan fingerprint density at radius 2 is 1.71 bits per heavy atom. The lowest BCUT2D eigenvalue weighted by molar-refractivity contribution is -0.143. The molecule has 1 saturated heterocycles. The fourth-order valence-electron chi connectivity index (χ4n) is 3.51. The molecule has 1 atom stereocenters. The molecular formula is C22H26N2O4. The standard InChI is InChI=1S/C22H26N2O4/c1-17(25)23-12-5-13-24(15-14-23)21(22(26)27)19-8-10-20(11-9-19)28-16-18-6-3-2-4-7-18/h2-4,6-11,21H,5,12-16H2,1H3,(H,26,27). The fraction of sp³-hybridized carbons (Fsp3) is 0.364. The third-order valence-corrected chi connectivity index (χ3v) is 5.02. The highest BCUT2D eigenvalue weighted by Gasteiger charge is 2.29. The van der Waals surface area contributed by atoms with E-state index in [1.165, 1.54) is 0 Å². The zero-order chi connectivity index (χ0) is 19.9. The average Bonchev–Trinajstić information content (AvgIpc) is 2.94. The highest BCUT2D eigenvalue weighted by Crippen LogP contribution is 2.25. The van der Waals surface area contributed by atoms with Crippen molar-refractivity contribution >= 4 is 11.9 Å². The number of hydrogen-bond donors (Lipinski definition) is 1. The van der Waals surface area contributed by atoms with Gasteiger partial charge in [0.2, 0.25) is 5.91 Å². The van der Waals surface area contributed by atoms with Crippen LogP contribution in [0.4, 0.5) is 0 Å². The first-order valence-electron chi connectivity index (χ1n) is 9.53. The van der Waals surface area contributed by atoms with Gasteiger partial charge < -0.3 is 14.7 Å².